The van der Waals surface area contributed by atoms with Crippen LogP contribution in [-0.2, 0) is 16.0 Å². The van der Waals surface area contributed by atoms with E-state index in [-0.39, 0.29) is 18.7 Å². The molecule has 1 aromatic heterocycles. The van der Waals surface area contributed by atoms with Gasteiger partial charge in [0.1, 0.15) is 0 Å². The summed E-state index contributed by atoms with van der Waals surface area (Å²) < 4.78 is 0. The first-order chi connectivity index (χ1) is 13.8. The quantitative estimate of drug-likeness (QED) is 0.524. The lowest BCUT2D eigenvalue weighted by atomic mass is 9.95. The van der Waals surface area contributed by atoms with Gasteiger partial charge in [0.25, 0.3) is 0 Å². The molecule has 0 saturated heterocycles. The zero-order valence-electron chi connectivity index (χ0n) is 15.5. The van der Waals surface area contributed by atoms with Crippen LogP contribution in [0.1, 0.15) is 12.0 Å². The van der Waals surface area contributed by atoms with E-state index in [1.807, 2.05) is 29.6 Å². The molecule has 0 saturated carbocycles. The van der Waals surface area contributed by atoms with Crippen molar-refractivity contribution in [3.63, 3.8) is 0 Å². The average Bonchev–Trinajstić information content (AvgIpc) is 3.16. The summed E-state index contributed by atoms with van der Waals surface area (Å²) in [6.07, 6.45) is -0.00277. The van der Waals surface area contributed by atoms with Gasteiger partial charge in [0, 0.05) is 28.0 Å². The molecule has 0 fully saturated rings. The van der Waals surface area contributed by atoms with Crippen molar-refractivity contribution < 1.29 is 14.7 Å². The third kappa shape index (κ3) is 5.35. The number of hydrogen-bond acceptors (Lipinski definition) is 4. The number of halogens is 2. The molecule has 0 aliphatic carbocycles. The first-order valence-corrected chi connectivity index (χ1v) is 10.4. The lowest BCUT2D eigenvalue weighted by molar-refractivity contribution is -0.140. The van der Waals surface area contributed by atoms with Crippen LogP contribution in [0.2, 0.25) is 10.0 Å². The highest BCUT2D eigenvalue weighted by Gasteiger charge is 2.27. The SMILES string of the molecule is CN(C(=O)C(CC(=O)O)Cc1cccc(Cl)c1)c1nc(-c2ccccc2Cl)cs1. The van der Waals surface area contributed by atoms with Crippen LogP contribution in [0.3, 0.4) is 0 Å². The highest BCUT2D eigenvalue weighted by Crippen LogP contribution is 2.32. The summed E-state index contributed by atoms with van der Waals surface area (Å²) in [7, 11) is 1.60. The first kappa shape index (κ1) is 21.3. The molecule has 3 rings (SSSR count). The van der Waals surface area contributed by atoms with E-state index < -0.39 is 11.9 Å². The minimum atomic E-state index is -1.03. The van der Waals surface area contributed by atoms with E-state index in [9.17, 15) is 14.7 Å². The van der Waals surface area contributed by atoms with E-state index in [4.69, 9.17) is 23.2 Å². The lowest BCUT2D eigenvalue weighted by Gasteiger charge is -2.21. The van der Waals surface area contributed by atoms with Crippen molar-refractivity contribution in [3.8, 4) is 11.3 Å². The van der Waals surface area contributed by atoms with Gasteiger partial charge < -0.3 is 5.11 Å². The van der Waals surface area contributed by atoms with Crippen LogP contribution in [0.15, 0.2) is 53.9 Å². The highest BCUT2D eigenvalue weighted by molar-refractivity contribution is 7.14. The maximum Gasteiger partial charge on any atom is 0.304 e. The van der Waals surface area contributed by atoms with E-state index in [2.05, 4.69) is 4.98 Å². The van der Waals surface area contributed by atoms with Crippen LogP contribution in [0, 0.1) is 5.92 Å². The van der Waals surface area contributed by atoms with Crippen LogP contribution in [0.4, 0.5) is 5.13 Å². The number of amides is 1. The van der Waals surface area contributed by atoms with Crippen molar-refractivity contribution in [1.29, 1.82) is 0 Å². The molecule has 5 nitrogen and oxygen atoms in total. The first-order valence-electron chi connectivity index (χ1n) is 8.79. The molecule has 0 bridgehead atoms. The smallest absolute Gasteiger partial charge is 0.304 e. The predicted molar refractivity (Wildman–Crippen MR) is 117 cm³/mol. The average molecular weight is 449 g/mol. The van der Waals surface area contributed by atoms with Gasteiger partial charge in [0.15, 0.2) is 5.13 Å². The topological polar surface area (TPSA) is 70.5 Å². The van der Waals surface area contributed by atoms with Gasteiger partial charge in [-0.3, -0.25) is 14.5 Å². The fourth-order valence-corrected chi connectivity index (χ4v) is 4.23. The van der Waals surface area contributed by atoms with Crippen molar-refractivity contribution in [1.82, 2.24) is 4.98 Å². The number of thiazole rings is 1. The van der Waals surface area contributed by atoms with E-state index in [1.54, 1.807) is 31.3 Å². The van der Waals surface area contributed by atoms with Gasteiger partial charge in [-0.15, -0.1) is 11.3 Å². The summed E-state index contributed by atoms with van der Waals surface area (Å²) in [6, 6.07) is 14.4. The van der Waals surface area contributed by atoms with Crippen LogP contribution in [-0.4, -0.2) is 29.0 Å². The van der Waals surface area contributed by atoms with Gasteiger partial charge in [-0.2, -0.15) is 0 Å². The Balaban J connectivity index is 1.82. The second-order valence-electron chi connectivity index (χ2n) is 6.52. The Morgan fingerprint density at radius 2 is 1.93 bits per heavy atom. The number of carbonyl (C=O) groups excluding carboxylic acids is 1. The minimum absolute atomic E-state index is 0.277. The second-order valence-corrected chi connectivity index (χ2v) is 8.20. The van der Waals surface area contributed by atoms with Gasteiger partial charge in [0.2, 0.25) is 5.91 Å². The summed E-state index contributed by atoms with van der Waals surface area (Å²) in [4.78, 5) is 30.3. The van der Waals surface area contributed by atoms with Crippen LogP contribution < -0.4 is 4.90 Å². The summed E-state index contributed by atoms with van der Waals surface area (Å²) in [6.45, 7) is 0. The zero-order chi connectivity index (χ0) is 21.0. The summed E-state index contributed by atoms with van der Waals surface area (Å²) >= 11 is 13.5. The molecule has 0 aliphatic heterocycles. The Kier molecular flexibility index (Phi) is 6.90. The number of anilines is 1. The fourth-order valence-electron chi connectivity index (χ4n) is 2.99. The Morgan fingerprint density at radius 3 is 2.62 bits per heavy atom. The molecule has 8 heteroatoms. The predicted octanol–water partition coefficient (Wildman–Crippen LogP) is 5.41. The normalized spacial score (nSPS) is 11.8. The Morgan fingerprint density at radius 1 is 1.17 bits per heavy atom. The molecule has 1 atom stereocenters. The van der Waals surface area contributed by atoms with E-state index in [0.717, 1.165) is 11.1 Å². The number of carboxylic acids is 1. The van der Waals surface area contributed by atoms with Crippen molar-refractivity contribution in [2.75, 3.05) is 11.9 Å². The van der Waals surface area contributed by atoms with Crippen molar-refractivity contribution >= 4 is 51.5 Å². The number of carbonyl (C=O) groups is 2. The van der Waals surface area contributed by atoms with E-state index >= 15 is 0 Å². The molecule has 1 heterocycles. The molecule has 3 aromatic rings. The van der Waals surface area contributed by atoms with Crippen LogP contribution >= 0.6 is 34.5 Å². The van der Waals surface area contributed by atoms with Gasteiger partial charge in [-0.25, -0.2) is 4.98 Å². The molecule has 1 amide bonds. The monoisotopic (exact) mass is 448 g/mol. The van der Waals surface area contributed by atoms with Crippen LogP contribution in [0.25, 0.3) is 11.3 Å². The molecule has 0 radical (unpaired) electrons. The highest BCUT2D eigenvalue weighted by atomic mass is 35.5. The number of aromatic nitrogens is 1. The van der Waals surface area contributed by atoms with Gasteiger partial charge in [-0.1, -0.05) is 53.5 Å². The molecule has 150 valence electrons. The summed E-state index contributed by atoms with van der Waals surface area (Å²) in [5.74, 6) is -2.08. The molecule has 1 unspecified atom stereocenters. The molecule has 1 N–H and O–H groups in total. The molecular weight excluding hydrogens is 431 g/mol. The Bertz CT molecular complexity index is 1040. The maximum atomic E-state index is 13.1. The van der Waals surface area contributed by atoms with Crippen LogP contribution in [0.5, 0.6) is 0 Å². The van der Waals surface area contributed by atoms with Gasteiger partial charge in [0.05, 0.1) is 18.0 Å². The van der Waals surface area contributed by atoms with Gasteiger partial charge >= 0.3 is 5.97 Å². The number of nitrogens with zero attached hydrogens (tertiary/aromatic N) is 2. The molecular formula is C21H18Cl2N2O3S. The summed E-state index contributed by atoms with van der Waals surface area (Å²) in [5.41, 5.74) is 2.25. The van der Waals surface area contributed by atoms with E-state index in [0.29, 0.717) is 20.9 Å². The van der Waals surface area contributed by atoms with E-state index in [1.165, 1.54) is 16.2 Å². The lowest BCUT2D eigenvalue weighted by Crippen LogP contribution is -2.35. The molecule has 2 aromatic carbocycles. The number of aliphatic carboxylic acids is 1. The fraction of sp³-hybridized carbons (Fsp3) is 0.190. The van der Waals surface area contributed by atoms with Crippen molar-refractivity contribution in [2.24, 2.45) is 5.92 Å². The number of rotatable bonds is 7. The number of hydrogen-bond donors (Lipinski definition) is 1. The second kappa shape index (κ2) is 9.39. The molecule has 0 spiro atoms. The standard InChI is InChI=1S/C21H18Cl2N2O3S/c1-25(21-24-18(12-29-21)16-7-2-3-8-17(16)23)20(28)14(11-19(26)27)9-13-5-4-6-15(22)10-13/h2-8,10,12,14H,9,11H2,1H3,(H,26,27). The largest absolute Gasteiger partial charge is 0.481 e. The van der Waals surface area contributed by atoms with Crippen molar-refractivity contribution in [3.05, 3.63) is 69.5 Å². The summed E-state index contributed by atoms with van der Waals surface area (Å²) in [5, 5.41) is 12.7. The minimum Gasteiger partial charge on any atom is -0.481 e. The van der Waals surface area contributed by atoms with Gasteiger partial charge in [-0.05, 0) is 30.2 Å². The van der Waals surface area contributed by atoms with Crippen molar-refractivity contribution in [2.45, 2.75) is 12.8 Å². The third-order valence-electron chi connectivity index (χ3n) is 4.40. The maximum absolute atomic E-state index is 13.1. The molecule has 0 aliphatic rings. The Labute approximate surface area is 182 Å². The third-order valence-corrected chi connectivity index (χ3v) is 5.88. The molecule has 29 heavy (non-hydrogen) atoms. The Hall–Kier alpha value is -2.41. The number of benzene rings is 2. The zero-order valence-corrected chi connectivity index (χ0v) is 17.8. The number of carboxylic acid groups (broad SMARTS) is 1.